The summed E-state index contributed by atoms with van der Waals surface area (Å²) in [4.78, 5) is 11.1. The van der Waals surface area contributed by atoms with Crippen LogP contribution in [-0.4, -0.2) is 20.9 Å². The number of carboxylic acids is 1. The van der Waals surface area contributed by atoms with Gasteiger partial charge in [0.25, 0.3) is 0 Å². The molecule has 0 aliphatic carbocycles. The van der Waals surface area contributed by atoms with Crippen molar-refractivity contribution in [1.82, 2.24) is 9.78 Å². The van der Waals surface area contributed by atoms with Gasteiger partial charge in [0, 0.05) is 13.2 Å². The first-order chi connectivity index (χ1) is 8.59. The number of carbonyl (C=O) groups is 1. The highest BCUT2D eigenvalue weighted by Gasteiger charge is 2.12. The van der Waals surface area contributed by atoms with E-state index in [1.54, 1.807) is 23.0 Å². The Morgan fingerprint density at radius 2 is 2.28 bits per heavy atom. The van der Waals surface area contributed by atoms with Crippen LogP contribution < -0.4 is 11.1 Å². The molecule has 2 aromatic rings. The monoisotopic (exact) mass is 246 g/mol. The lowest BCUT2D eigenvalue weighted by molar-refractivity contribution is 0.0698. The molecule has 0 unspecified atom stereocenters. The maximum Gasteiger partial charge on any atom is 0.337 e. The van der Waals surface area contributed by atoms with Crippen LogP contribution in [0, 0.1) is 0 Å². The fraction of sp³-hybridized carbons (Fsp3) is 0.167. The molecule has 1 heterocycles. The van der Waals surface area contributed by atoms with Crippen molar-refractivity contribution >= 4 is 17.3 Å². The van der Waals surface area contributed by atoms with E-state index in [4.69, 9.17) is 10.8 Å². The number of rotatable bonds is 4. The Morgan fingerprint density at radius 1 is 1.50 bits per heavy atom. The van der Waals surface area contributed by atoms with Crippen LogP contribution in [0.5, 0.6) is 0 Å². The smallest absolute Gasteiger partial charge is 0.337 e. The maximum atomic E-state index is 11.1. The number of aromatic carboxylic acids is 1. The number of carboxylic acid groups (broad SMARTS) is 1. The van der Waals surface area contributed by atoms with Gasteiger partial charge < -0.3 is 16.2 Å². The second kappa shape index (κ2) is 4.79. The standard InChI is InChI=1S/C12H14N4O2/c1-16-8(5-6-15-16)7-14-11-9(12(17)18)3-2-4-10(11)13/h2-6,14H,7,13H2,1H3,(H,17,18). The molecule has 0 bridgehead atoms. The van der Waals surface area contributed by atoms with Crippen LogP contribution in [-0.2, 0) is 13.6 Å². The van der Waals surface area contributed by atoms with Gasteiger partial charge in [0.2, 0.25) is 0 Å². The summed E-state index contributed by atoms with van der Waals surface area (Å²) < 4.78 is 1.71. The summed E-state index contributed by atoms with van der Waals surface area (Å²) in [5, 5.41) is 16.2. The molecule has 0 aliphatic rings. The lowest BCUT2D eigenvalue weighted by atomic mass is 10.1. The van der Waals surface area contributed by atoms with E-state index in [1.807, 2.05) is 13.1 Å². The summed E-state index contributed by atoms with van der Waals surface area (Å²) in [5.41, 5.74) is 7.74. The molecular formula is C12H14N4O2. The predicted molar refractivity (Wildman–Crippen MR) is 68.3 cm³/mol. The Labute approximate surface area is 104 Å². The molecule has 0 spiro atoms. The number of nitrogens with zero attached hydrogens (tertiary/aromatic N) is 2. The van der Waals surface area contributed by atoms with E-state index in [0.717, 1.165) is 5.69 Å². The fourth-order valence-corrected chi connectivity index (χ4v) is 1.70. The zero-order valence-corrected chi connectivity index (χ0v) is 9.92. The van der Waals surface area contributed by atoms with E-state index < -0.39 is 5.97 Å². The molecule has 0 saturated heterocycles. The minimum atomic E-state index is -1.00. The first kappa shape index (κ1) is 12.0. The van der Waals surface area contributed by atoms with Gasteiger partial charge in [-0.2, -0.15) is 5.10 Å². The average Bonchev–Trinajstić information content (AvgIpc) is 2.73. The lowest BCUT2D eigenvalue weighted by Gasteiger charge is -2.12. The Kier molecular flexibility index (Phi) is 3.18. The van der Waals surface area contributed by atoms with E-state index >= 15 is 0 Å². The van der Waals surface area contributed by atoms with Crippen molar-refractivity contribution in [2.75, 3.05) is 11.1 Å². The summed E-state index contributed by atoms with van der Waals surface area (Å²) in [7, 11) is 1.82. The molecule has 6 heteroatoms. The van der Waals surface area contributed by atoms with Gasteiger partial charge in [-0.3, -0.25) is 4.68 Å². The van der Waals surface area contributed by atoms with E-state index in [-0.39, 0.29) is 5.56 Å². The quantitative estimate of drug-likeness (QED) is 0.707. The number of nitrogen functional groups attached to an aromatic ring is 1. The average molecular weight is 246 g/mol. The first-order valence-electron chi connectivity index (χ1n) is 5.42. The Balaban J connectivity index is 2.24. The van der Waals surface area contributed by atoms with Gasteiger partial charge >= 0.3 is 5.97 Å². The summed E-state index contributed by atoms with van der Waals surface area (Å²) in [5.74, 6) is -1.00. The van der Waals surface area contributed by atoms with Crippen LogP contribution >= 0.6 is 0 Å². The number of anilines is 2. The van der Waals surface area contributed by atoms with Gasteiger partial charge in [0.1, 0.15) is 0 Å². The minimum absolute atomic E-state index is 0.164. The Bertz CT molecular complexity index is 577. The van der Waals surface area contributed by atoms with Crippen molar-refractivity contribution in [1.29, 1.82) is 0 Å². The molecule has 0 aliphatic heterocycles. The van der Waals surface area contributed by atoms with E-state index in [1.165, 1.54) is 6.07 Å². The predicted octanol–water partition coefficient (Wildman–Crippen LogP) is 1.31. The molecule has 6 nitrogen and oxygen atoms in total. The minimum Gasteiger partial charge on any atom is -0.478 e. The number of aromatic nitrogens is 2. The third-order valence-electron chi connectivity index (χ3n) is 2.70. The summed E-state index contributed by atoms with van der Waals surface area (Å²) in [6.07, 6.45) is 1.68. The number of benzene rings is 1. The molecule has 1 aromatic heterocycles. The maximum absolute atomic E-state index is 11.1. The van der Waals surface area contributed by atoms with Crippen LogP contribution in [0.1, 0.15) is 16.1 Å². The van der Waals surface area contributed by atoms with Crippen LogP contribution in [0.3, 0.4) is 0 Å². The van der Waals surface area contributed by atoms with Crippen LogP contribution in [0.25, 0.3) is 0 Å². The third-order valence-corrected chi connectivity index (χ3v) is 2.70. The molecule has 0 atom stereocenters. The highest BCUT2D eigenvalue weighted by molar-refractivity contribution is 5.97. The molecule has 18 heavy (non-hydrogen) atoms. The van der Waals surface area contributed by atoms with Gasteiger partial charge in [0.05, 0.1) is 29.2 Å². The van der Waals surface area contributed by atoms with Gasteiger partial charge in [-0.25, -0.2) is 4.79 Å². The molecule has 1 aromatic carbocycles. The number of para-hydroxylation sites is 1. The Morgan fingerprint density at radius 3 is 2.89 bits per heavy atom. The molecule has 0 amide bonds. The molecule has 0 fully saturated rings. The molecular weight excluding hydrogens is 232 g/mol. The van der Waals surface area contributed by atoms with Gasteiger partial charge in [-0.15, -0.1) is 0 Å². The summed E-state index contributed by atoms with van der Waals surface area (Å²) in [6.45, 7) is 0.463. The summed E-state index contributed by atoms with van der Waals surface area (Å²) in [6, 6.07) is 6.66. The molecule has 94 valence electrons. The van der Waals surface area contributed by atoms with Gasteiger partial charge in [-0.05, 0) is 18.2 Å². The van der Waals surface area contributed by atoms with E-state index in [0.29, 0.717) is 17.9 Å². The second-order valence-electron chi connectivity index (χ2n) is 3.87. The second-order valence-corrected chi connectivity index (χ2v) is 3.87. The van der Waals surface area contributed by atoms with Crippen molar-refractivity contribution in [2.24, 2.45) is 7.05 Å². The lowest BCUT2D eigenvalue weighted by Crippen LogP contribution is -2.11. The van der Waals surface area contributed by atoms with E-state index in [9.17, 15) is 4.79 Å². The number of hydrogen-bond donors (Lipinski definition) is 3. The highest BCUT2D eigenvalue weighted by Crippen LogP contribution is 2.24. The molecule has 4 N–H and O–H groups in total. The van der Waals surface area contributed by atoms with Crippen LogP contribution in [0.2, 0.25) is 0 Å². The highest BCUT2D eigenvalue weighted by atomic mass is 16.4. The Hall–Kier alpha value is -2.50. The van der Waals surface area contributed by atoms with Crippen LogP contribution in [0.4, 0.5) is 11.4 Å². The third kappa shape index (κ3) is 2.27. The topological polar surface area (TPSA) is 93.2 Å². The normalized spacial score (nSPS) is 10.3. The SMILES string of the molecule is Cn1nccc1CNc1c(N)cccc1C(=O)O. The van der Waals surface area contributed by atoms with Crippen molar-refractivity contribution < 1.29 is 9.90 Å². The number of nitrogens with one attached hydrogen (secondary N) is 1. The zero-order valence-electron chi connectivity index (χ0n) is 9.92. The first-order valence-corrected chi connectivity index (χ1v) is 5.42. The molecule has 2 rings (SSSR count). The zero-order chi connectivity index (χ0) is 13.1. The van der Waals surface area contributed by atoms with Crippen molar-refractivity contribution in [3.05, 3.63) is 41.7 Å². The molecule has 0 saturated carbocycles. The van der Waals surface area contributed by atoms with Crippen LogP contribution in [0.15, 0.2) is 30.5 Å². The van der Waals surface area contributed by atoms with Gasteiger partial charge in [0.15, 0.2) is 0 Å². The molecule has 0 radical (unpaired) electrons. The summed E-state index contributed by atoms with van der Waals surface area (Å²) >= 11 is 0. The largest absolute Gasteiger partial charge is 0.478 e. The number of hydrogen-bond acceptors (Lipinski definition) is 4. The van der Waals surface area contributed by atoms with Crippen molar-refractivity contribution in [2.45, 2.75) is 6.54 Å². The van der Waals surface area contributed by atoms with Gasteiger partial charge in [-0.1, -0.05) is 6.07 Å². The number of nitrogens with two attached hydrogens (primary N) is 1. The van der Waals surface area contributed by atoms with Crippen molar-refractivity contribution in [3.8, 4) is 0 Å². The van der Waals surface area contributed by atoms with Crippen molar-refractivity contribution in [3.63, 3.8) is 0 Å². The fourth-order valence-electron chi connectivity index (χ4n) is 1.70. The van der Waals surface area contributed by atoms with E-state index in [2.05, 4.69) is 10.4 Å². The number of aryl methyl sites for hydroxylation is 1.